The topological polar surface area (TPSA) is 120 Å². The van der Waals surface area contributed by atoms with Crippen LogP contribution in [0.15, 0.2) is 77.0 Å². The van der Waals surface area contributed by atoms with Crippen LogP contribution in [0.2, 0.25) is 10.0 Å². The van der Waals surface area contributed by atoms with Gasteiger partial charge in [0, 0.05) is 16.8 Å². The Morgan fingerprint density at radius 2 is 1.82 bits per heavy atom. The number of hydrazone groups is 1. The molecule has 1 heterocycles. The molecule has 1 atom stereocenters. The Morgan fingerprint density at radius 3 is 2.57 bits per heavy atom. The van der Waals surface area contributed by atoms with Crippen LogP contribution in [-0.2, 0) is 20.9 Å². The van der Waals surface area contributed by atoms with E-state index >= 15 is 0 Å². The monoisotopic (exact) mass is 656 g/mol. The number of nitrogens with zero attached hydrogens (tertiary/aromatic N) is 1. The number of methoxy groups -OCH3 is 1. The average molecular weight is 658 g/mol. The number of allylic oxidation sites excluding steroid dienone is 1. The first-order valence-corrected chi connectivity index (χ1v) is 14.6. The van der Waals surface area contributed by atoms with E-state index in [4.69, 9.17) is 54.4 Å². The highest BCUT2D eigenvalue weighted by atomic mass is 35.5. The number of para-hydroxylation sites is 2. The molecule has 1 amide bonds. The van der Waals surface area contributed by atoms with Crippen LogP contribution in [0.3, 0.4) is 0 Å². The lowest BCUT2D eigenvalue weighted by Gasteiger charge is -2.30. The summed E-state index contributed by atoms with van der Waals surface area (Å²) in [5, 5.41) is 11.3. The van der Waals surface area contributed by atoms with E-state index in [1.807, 2.05) is 0 Å². The Hall–Kier alpha value is -4.32. The van der Waals surface area contributed by atoms with Gasteiger partial charge in [-0.15, -0.1) is 0 Å². The van der Waals surface area contributed by atoms with Crippen LogP contribution in [-0.4, -0.2) is 43.5 Å². The quantitative estimate of drug-likeness (QED) is 0.101. The van der Waals surface area contributed by atoms with Crippen molar-refractivity contribution in [2.45, 2.75) is 26.5 Å². The molecule has 4 rings (SSSR count). The van der Waals surface area contributed by atoms with Crippen LogP contribution in [0.25, 0.3) is 0 Å². The molecule has 10 nitrogen and oxygen atoms in total. The van der Waals surface area contributed by atoms with Gasteiger partial charge in [0.05, 0.1) is 41.6 Å². The van der Waals surface area contributed by atoms with Crippen molar-refractivity contribution in [2.24, 2.45) is 5.10 Å². The molecule has 0 bridgehead atoms. The van der Waals surface area contributed by atoms with Crippen molar-refractivity contribution in [1.82, 2.24) is 16.1 Å². The van der Waals surface area contributed by atoms with Crippen LogP contribution in [0.4, 0.5) is 0 Å². The van der Waals surface area contributed by atoms with E-state index in [0.29, 0.717) is 54.8 Å². The number of rotatable bonds is 12. The number of nitrogens with one attached hydrogen (secondary N) is 3. The van der Waals surface area contributed by atoms with Crippen LogP contribution in [0.1, 0.15) is 36.6 Å². The minimum Gasteiger partial charge on any atom is -0.493 e. The highest BCUT2D eigenvalue weighted by Gasteiger charge is 2.32. The number of carbonyl (C=O) groups excluding carboxylic acids is 2. The number of carbonyl (C=O) groups is 2. The predicted molar refractivity (Wildman–Crippen MR) is 172 cm³/mol. The number of halogens is 2. The fourth-order valence-electron chi connectivity index (χ4n) is 4.34. The summed E-state index contributed by atoms with van der Waals surface area (Å²) in [6.07, 6.45) is 1.44. The van der Waals surface area contributed by atoms with Gasteiger partial charge in [0.2, 0.25) is 0 Å². The first-order valence-electron chi connectivity index (χ1n) is 13.4. The summed E-state index contributed by atoms with van der Waals surface area (Å²) in [4.78, 5) is 25.4. The largest absolute Gasteiger partial charge is 0.493 e. The molecule has 3 aromatic rings. The first-order chi connectivity index (χ1) is 21.2. The third kappa shape index (κ3) is 8.19. The van der Waals surface area contributed by atoms with E-state index in [-0.39, 0.29) is 19.8 Å². The van der Waals surface area contributed by atoms with Crippen LogP contribution >= 0.6 is 35.4 Å². The Morgan fingerprint density at radius 1 is 1.05 bits per heavy atom. The lowest BCUT2D eigenvalue weighted by atomic mass is 9.95. The van der Waals surface area contributed by atoms with Crippen molar-refractivity contribution < 1.29 is 28.5 Å². The van der Waals surface area contributed by atoms with Crippen molar-refractivity contribution in [3.05, 3.63) is 98.7 Å². The van der Waals surface area contributed by atoms with Crippen molar-refractivity contribution >= 4 is 58.6 Å². The molecule has 0 saturated carbocycles. The van der Waals surface area contributed by atoms with Crippen molar-refractivity contribution in [3.63, 3.8) is 0 Å². The van der Waals surface area contributed by atoms with Gasteiger partial charge in [-0.1, -0.05) is 53.5 Å². The number of amides is 1. The molecule has 1 aliphatic heterocycles. The van der Waals surface area contributed by atoms with Crippen molar-refractivity contribution in [2.75, 3.05) is 20.3 Å². The summed E-state index contributed by atoms with van der Waals surface area (Å²) in [6.45, 7) is 3.54. The minimum absolute atomic E-state index is 0.195. The van der Waals surface area contributed by atoms with Gasteiger partial charge in [0.25, 0.3) is 5.91 Å². The van der Waals surface area contributed by atoms with Crippen LogP contribution < -0.4 is 30.3 Å². The molecule has 13 heteroatoms. The summed E-state index contributed by atoms with van der Waals surface area (Å²) < 4.78 is 22.6. The van der Waals surface area contributed by atoms with E-state index in [0.717, 1.165) is 5.56 Å². The molecule has 0 aliphatic carbocycles. The normalized spacial score (nSPS) is 14.5. The van der Waals surface area contributed by atoms with Gasteiger partial charge < -0.3 is 29.6 Å². The molecule has 0 fully saturated rings. The van der Waals surface area contributed by atoms with Gasteiger partial charge in [-0.3, -0.25) is 4.79 Å². The number of esters is 1. The lowest BCUT2D eigenvalue weighted by Crippen LogP contribution is -2.45. The highest BCUT2D eigenvalue weighted by Crippen LogP contribution is 2.34. The van der Waals surface area contributed by atoms with Crippen molar-refractivity contribution in [1.29, 1.82) is 0 Å². The SMILES string of the molecule is CCOC(=O)C1=C(C)NC(=S)N[C@@H]1c1ccccc1OCC(=O)NN=Cc1cccc(OC)c1OCc1ccc(Cl)c(Cl)c1. The van der Waals surface area contributed by atoms with E-state index in [1.54, 1.807) is 74.5 Å². The van der Waals surface area contributed by atoms with E-state index < -0.39 is 17.9 Å². The zero-order valence-corrected chi connectivity index (χ0v) is 26.4. The maximum absolute atomic E-state index is 12.8. The fourth-order valence-corrected chi connectivity index (χ4v) is 4.93. The van der Waals surface area contributed by atoms with E-state index in [1.165, 1.54) is 13.3 Å². The van der Waals surface area contributed by atoms with Crippen LogP contribution in [0.5, 0.6) is 17.2 Å². The summed E-state index contributed by atoms with van der Waals surface area (Å²) >= 11 is 17.5. The van der Waals surface area contributed by atoms with E-state index in [2.05, 4.69) is 21.2 Å². The fraction of sp³-hybridized carbons (Fsp3) is 0.226. The molecule has 3 aromatic carbocycles. The minimum atomic E-state index is -0.643. The number of ether oxygens (including phenoxy) is 4. The third-order valence-electron chi connectivity index (χ3n) is 6.34. The molecular formula is C31H30Cl2N4O6S. The molecule has 0 saturated heterocycles. The molecule has 44 heavy (non-hydrogen) atoms. The molecule has 0 spiro atoms. The second kappa shape index (κ2) is 15.4. The lowest BCUT2D eigenvalue weighted by molar-refractivity contribution is -0.139. The Labute approximate surface area is 270 Å². The highest BCUT2D eigenvalue weighted by molar-refractivity contribution is 7.80. The first kappa shape index (κ1) is 32.6. The molecule has 230 valence electrons. The smallest absolute Gasteiger partial charge is 0.338 e. The molecule has 3 N–H and O–H groups in total. The molecule has 0 radical (unpaired) electrons. The average Bonchev–Trinajstić information content (AvgIpc) is 3.00. The van der Waals surface area contributed by atoms with Crippen LogP contribution in [0, 0.1) is 0 Å². The van der Waals surface area contributed by atoms with Gasteiger partial charge >= 0.3 is 5.97 Å². The van der Waals surface area contributed by atoms with Gasteiger partial charge in [-0.2, -0.15) is 5.10 Å². The van der Waals surface area contributed by atoms with Gasteiger partial charge in [-0.05, 0) is 62.0 Å². The molecule has 1 aliphatic rings. The summed E-state index contributed by atoms with van der Waals surface area (Å²) in [7, 11) is 1.53. The zero-order chi connectivity index (χ0) is 31.6. The zero-order valence-electron chi connectivity index (χ0n) is 24.1. The van der Waals surface area contributed by atoms with Gasteiger partial charge in [0.15, 0.2) is 23.2 Å². The molecule has 0 aromatic heterocycles. The predicted octanol–water partition coefficient (Wildman–Crippen LogP) is 5.47. The molecule has 0 unspecified atom stereocenters. The standard InChI is InChI=1S/C31H30Cl2N4O6S/c1-4-41-30(39)27-18(2)35-31(44)36-28(27)21-9-5-6-10-24(21)42-17-26(38)37-34-15-20-8-7-11-25(40-3)29(20)43-16-19-12-13-22(32)23(33)14-19/h5-15,28H,4,16-17H2,1-3H3,(H,37,38)(H2,35,36,44)/t28-/m1/s1. The number of hydrogen-bond acceptors (Lipinski definition) is 8. The number of benzene rings is 3. The van der Waals surface area contributed by atoms with E-state index in [9.17, 15) is 9.59 Å². The second-order valence-electron chi connectivity index (χ2n) is 9.33. The molecular weight excluding hydrogens is 627 g/mol. The maximum Gasteiger partial charge on any atom is 0.338 e. The Bertz CT molecular complexity index is 1610. The van der Waals surface area contributed by atoms with Crippen molar-refractivity contribution in [3.8, 4) is 17.2 Å². The second-order valence-corrected chi connectivity index (χ2v) is 10.5. The maximum atomic E-state index is 12.8. The third-order valence-corrected chi connectivity index (χ3v) is 7.30. The Balaban J connectivity index is 1.43. The number of thiocarbonyl (C=S) groups is 1. The summed E-state index contributed by atoms with van der Waals surface area (Å²) in [6, 6.07) is 16.9. The number of hydrogen-bond donors (Lipinski definition) is 3. The summed E-state index contributed by atoms with van der Waals surface area (Å²) in [5.74, 6) is 0.296. The van der Waals surface area contributed by atoms with Gasteiger partial charge in [-0.25, -0.2) is 10.2 Å². The Kier molecular flexibility index (Phi) is 11.4. The van der Waals surface area contributed by atoms with Gasteiger partial charge in [0.1, 0.15) is 12.4 Å². The summed E-state index contributed by atoms with van der Waals surface area (Å²) in [5.41, 5.74) is 5.37.